The summed E-state index contributed by atoms with van der Waals surface area (Å²) in [6.45, 7) is 1.99. The molecule has 1 saturated carbocycles. The number of rotatable bonds is 5. The number of anilines is 1. The van der Waals surface area contributed by atoms with Crippen LogP contribution in [0.15, 0.2) is 59.5 Å². The molecule has 0 saturated heterocycles. The van der Waals surface area contributed by atoms with Gasteiger partial charge >= 0.3 is 0 Å². The fourth-order valence-electron chi connectivity index (χ4n) is 3.98. The van der Waals surface area contributed by atoms with Crippen LogP contribution in [0.2, 0.25) is 0 Å². The van der Waals surface area contributed by atoms with Gasteiger partial charge in [0.2, 0.25) is 22.7 Å². The molecule has 0 radical (unpaired) electrons. The monoisotopic (exact) mass is 451 g/mol. The third-order valence-corrected chi connectivity index (χ3v) is 6.82. The number of nitrogens with two attached hydrogens (primary N) is 1. The Balaban J connectivity index is 1.38. The maximum absolute atomic E-state index is 13.1. The third-order valence-electron chi connectivity index (χ3n) is 5.91. The fourth-order valence-corrected chi connectivity index (χ4v) is 4.54. The number of hydrogen-bond acceptors (Lipinski definition) is 6. The maximum atomic E-state index is 13.1. The van der Waals surface area contributed by atoms with E-state index < -0.39 is 15.4 Å². The van der Waals surface area contributed by atoms with Crippen molar-refractivity contribution in [2.75, 3.05) is 12.1 Å². The molecule has 9 heteroatoms. The van der Waals surface area contributed by atoms with Crippen molar-refractivity contribution in [1.29, 1.82) is 0 Å². The van der Waals surface area contributed by atoms with Crippen molar-refractivity contribution in [3.05, 3.63) is 65.9 Å². The molecule has 1 fully saturated rings. The molecule has 1 aliphatic heterocycles. The predicted molar refractivity (Wildman–Crippen MR) is 118 cm³/mol. The molecule has 32 heavy (non-hydrogen) atoms. The first-order chi connectivity index (χ1) is 15.3. The summed E-state index contributed by atoms with van der Waals surface area (Å²) in [6, 6.07) is 15.5. The summed E-state index contributed by atoms with van der Waals surface area (Å²) in [5.74, 6) is 1.66. The second kappa shape index (κ2) is 7.32. The summed E-state index contributed by atoms with van der Waals surface area (Å²) in [5, 5.41) is 8.17. The molecule has 2 aliphatic rings. The Hall–Kier alpha value is -3.43. The SMILES string of the molecule is Cc1nc(NC(=O)C2(c3ccc4c(c3)OCO4)CC2)ccc1-c1cccc(S(N)(=O)=O)c1. The molecule has 2 aromatic carbocycles. The molecule has 2 heterocycles. The average molecular weight is 452 g/mol. The number of ether oxygens (including phenoxy) is 2. The number of hydrogen-bond donors (Lipinski definition) is 2. The van der Waals surface area contributed by atoms with E-state index in [-0.39, 0.29) is 17.6 Å². The van der Waals surface area contributed by atoms with Gasteiger partial charge in [-0.15, -0.1) is 0 Å². The number of pyridine rings is 1. The largest absolute Gasteiger partial charge is 0.454 e. The highest BCUT2D eigenvalue weighted by molar-refractivity contribution is 7.89. The van der Waals surface area contributed by atoms with Gasteiger partial charge in [0, 0.05) is 11.3 Å². The highest BCUT2D eigenvalue weighted by atomic mass is 32.2. The van der Waals surface area contributed by atoms with Crippen LogP contribution in [0, 0.1) is 6.92 Å². The minimum absolute atomic E-state index is 0.0335. The number of aryl methyl sites for hydroxylation is 1. The standard InChI is InChI=1S/C23H21N3O5S/c1-14-18(15-3-2-4-17(11-15)32(24,28)29)6-8-21(25-14)26-22(27)23(9-10-23)16-5-7-19-20(12-16)31-13-30-19/h2-8,11-12H,9-10,13H2,1H3,(H2,24,28,29)(H,25,26,27). The quantitative estimate of drug-likeness (QED) is 0.615. The number of primary sulfonamides is 1. The number of nitrogens with one attached hydrogen (secondary N) is 1. The van der Waals surface area contributed by atoms with E-state index in [9.17, 15) is 13.2 Å². The van der Waals surface area contributed by atoms with Crippen LogP contribution in [0.4, 0.5) is 5.82 Å². The van der Waals surface area contributed by atoms with Crippen LogP contribution in [0.5, 0.6) is 11.5 Å². The number of nitrogens with zero attached hydrogens (tertiary/aromatic N) is 1. The van der Waals surface area contributed by atoms with E-state index in [1.165, 1.54) is 12.1 Å². The first-order valence-corrected chi connectivity index (χ1v) is 11.6. The molecule has 164 valence electrons. The summed E-state index contributed by atoms with van der Waals surface area (Å²) < 4.78 is 34.1. The summed E-state index contributed by atoms with van der Waals surface area (Å²) in [4.78, 5) is 17.7. The van der Waals surface area contributed by atoms with E-state index in [4.69, 9.17) is 14.6 Å². The van der Waals surface area contributed by atoms with E-state index >= 15 is 0 Å². The first-order valence-electron chi connectivity index (χ1n) is 10.1. The van der Waals surface area contributed by atoms with Crippen LogP contribution < -0.4 is 19.9 Å². The van der Waals surface area contributed by atoms with Gasteiger partial charge in [0.25, 0.3) is 0 Å². The second-order valence-electron chi connectivity index (χ2n) is 8.01. The van der Waals surface area contributed by atoms with Crippen molar-refractivity contribution in [3.8, 4) is 22.6 Å². The van der Waals surface area contributed by atoms with Crippen LogP contribution >= 0.6 is 0 Å². The molecule has 1 aliphatic carbocycles. The zero-order valence-corrected chi connectivity index (χ0v) is 18.1. The maximum Gasteiger partial charge on any atom is 0.238 e. The Kier molecular flexibility index (Phi) is 4.68. The first kappa shape index (κ1) is 20.5. The minimum atomic E-state index is -3.80. The van der Waals surface area contributed by atoms with Gasteiger partial charge in [-0.3, -0.25) is 4.79 Å². The van der Waals surface area contributed by atoms with E-state index in [0.717, 1.165) is 24.0 Å². The molecule has 3 aromatic rings. The van der Waals surface area contributed by atoms with Gasteiger partial charge < -0.3 is 14.8 Å². The average Bonchev–Trinajstić information content (AvgIpc) is 3.44. The van der Waals surface area contributed by atoms with Crippen LogP contribution in [-0.4, -0.2) is 26.1 Å². The van der Waals surface area contributed by atoms with Crippen molar-refractivity contribution >= 4 is 21.7 Å². The number of aromatic nitrogens is 1. The Labute approximate surface area is 185 Å². The number of amides is 1. The Morgan fingerprint density at radius 1 is 1.06 bits per heavy atom. The summed E-state index contributed by atoms with van der Waals surface area (Å²) >= 11 is 0. The molecule has 1 aromatic heterocycles. The van der Waals surface area contributed by atoms with Gasteiger partial charge in [0.05, 0.1) is 10.3 Å². The van der Waals surface area contributed by atoms with Crippen LogP contribution in [0.25, 0.3) is 11.1 Å². The summed E-state index contributed by atoms with van der Waals surface area (Å²) in [5.41, 5.74) is 2.39. The van der Waals surface area contributed by atoms with E-state index in [2.05, 4.69) is 10.3 Å². The zero-order valence-electron chi connectivity index (χ0n) is 17.3. The van der Waals surface area contributed by atoms with Gasteiger partial charge in [-0.1, -0.05) is 18.2 Å². The minimum Gasteiger partial charge on any atom is -0.454 e. The zero-order chi connectivity index (χ0) is 22.5. The molecular formula is C23H21N3O5S. The summed E-state index contributed by atoms with van der Waals surface area (Å²) in [6.07, 6.45) is 1.49. The highest BCUT2D eigenvalue weighted by Gasteiger charge is 2.51. The lowest BCUT2D eigenvalue weighted by atomic mass is 9.94. The van der Waals surface area contributed by atoms with Crippen molar-refractivity contribution in [2.24, 2.45) is 5.14 Å². The van der Waals surface area contributed by atoms with Gasteiger partial charge in [-0.2, -0.15) is 0 Å². The predicted octanol–water partition coefficient (Wildman–Crippen LogP) is 3.10. The molecule has 1 amide bonds. The molecular weight excluding hydrogens is 430 g/mol. The molecule has 0 bridgehead atoms. The van der Waals surface area contributed by atoms with Crippen LogP contribution in [0.1, 0.15) is 24.1 Å². The molecule has 0 spiro atoms. The van der Waals surface area contributed by atoms with Crippen molar-refractivity contribution in [1.82, 2.24) is 4.98 Å². The number of carbonyl (C=O) groups is 1. The van der Waals surface area contributed by atoms with E-state index in [1.807, 2.05) is 18.2 Å². The van der Waals surface area contributed by atoms with Crippen molar-refractivity contribution < 1.29 is 22.7 Å². The van der Waals surface area contributed by atoms with Crippen LogP contribution in [-0.2, 0) is 20.2 Å². The van der Waals surface area contributed by atoms with Gasteiger partial charge in [0.15, 0.2) is 11.5 Å². The Bertz CT molecular complexity index is 1350. The highest BCUT2D eigenvalue weighted by Crippen LogP contribution is 2.51. The molecule has 0 unspecified atom stereocenters. The Morgan fingerprint density at radius 2 is 1.84 bits per heavy atom. The third kappa shape index (κ3) is 3.59. The van der Waals surface area contributed by atoms with E-state index in [0.29, 0.717) is 28.6 Å². The summed E-state index contributed by atoms with van der Waals surface area (Å²) in [7, 11) is -3.80. The van der Waals surface area contributed by atoms with Crippen molar-refractivity contribution in [3.63, 3.8) is 0 Å². The lowest BCUT2D eigenvalue weighted by Crippen LogP contribution is -2.28. The smallest absolute Gasteiger partial charge is 0.238 e. The van der Waals surface area contributed by atoms with Gasteiger partial charge in [0.1, 0.15) is 5.82 Å². The lowest BCUT2D eigenvalue weighted by Gasteiger charge is -2.17. The molecule has 8 nitrogen and oxygen atoms in total. The fraction of sp³-hybridized carbons (Fsp3) is 0.217. The van der Waals surface area contributed by atoms with Gasteiger partial charge in [-0.25, -0.2) is 18.5 Å². The molecule has 3 N–H and O–H groups in total. The molecule has 0 atom stereocenters. The van der Waals surface area contributed by atoms with Crippen LogP contribution in [0.3, 0.4) is 0 Å². The number of sulfonamides is 1. The second-order valence-corrected chi connectivity index (χ2v) is 9.57. The van der Waals surface area contributed by atoms with Gasteiger partial charge in [-0.05, 0) is 67.3 Å². The van der Waals surface area contributed by atoms with E-state index in [1.54, 1.807) is 31.2 Å². The van der Waals surface area contributed by atoms with Crippen molar-refractivity contribution in [2.45, 2.75) is 30.1 Å². The topological polar surface area (TPSA) is 121 Å². The Morgan fingerprint density at radius 3 is 2.56 bits per heavy atom. The number of carbonyl (C=O) groups excluding carboxylic acids is 1. The normalized spacial score (nSPS) is 15.9. The molecule has 5 rings (SSSR count). The number of benzene rings is 2. The number of fused-ring (bicyclic) bond motifs is 1. The lowest BCUT2D eigenvalue weighted by molar-refractivity contribution is -0.118.